The summed E-state index contributed by atoms with van der Waals surface area (Å²) in [5.74, 6) is -0.731. The van der Waals surface area contributed by atoms with Crippen molar-refractivity contribution in [3.05, 3.63) is 48.6 Å². The Labute approximate surface area is 339 Å². The Morgan fingerprint density at radius 3 is 1.64 bits per heavy atom. The second-order valence-electron chi connectivity index (χ2n) is 15.4. The summed E-state index contributed by atoms with van der Waals surface area (Å²) in [6, 6.07) is -1.20. The number of amides is 1. The zero-order chi connectivity index (χ0) is 41.2. The number of nitrogens with one attached hydrogen (secondary N) is 1. The van der Waals surface area contributed by atoms with Gasteiger partial charge >= 0.3 is 0 Å². The van der Waals surface area contributed by atoms with Crippen LogP contribution in [0, 0.1) is 0 Å². The molecular weight excluding hydrogens is 714 g/mol. The maximum absolute atomic E-state index is 13.0. The normalized spacial score (nSPS) is 22.8. The first-order valence-electron chi connectivity index (χ1n) is 22.0. The van der Waals surface area contributed by atoms with E-state index in [1.807, 2.05) is 0 Å². The summed E-state index contributed by atoms with van der Waals surface area (Å²) in [6.07, 6.45) is 29.0. The molecule has 1 rings (SSSR count). The molecule has 0 aromatic heterocycles. The van der Waals surface area contributed by atoms with Gasteiger partial charge in [0, 0.05) is 0 Å². The van der Waals surface area contributed by atoms with Gasteiger partial charge in [-0.05, 0) is 83.5 Å². The fraction of sp³-hybridized carbons (Fsp3) is 0.800. The summed E-state index contributed by atoms with van der Waals surface area (Å²) in [4.78, 5) is 13.0. The summed E-state index contributed by atoms with van der Waals surface area (Å²) < 4.78 is 11.0. The van der Waals surface area contributed by atoms with E-state index in [0.29, 0.717) is 19.3 Å². The third-order valence-electron chi connectivity index (χ3n) is 10.3. The molecule has 0 bridgehead atoms. The largest absolute Gasteiger partial charge is 0.394 e. The summed E-state index contributed by atoms with van der Waals surface area (Å²) in [7, 11) is 0. The predicted octanol–water partition coefficient (Wildman–Crippen LogP) is 6.61. The van der Waals surface area contributed by atoms with Crippen molar-refractivity contribution in [3.63, 3.8) is 0 Å². The molecule has 1 aliphatic heterocycles. The molecule has 0 radical (unpaired) electrons. The molecule has 1 heterocycles. The first kappa shape index (κ1) is 52.1. The Morgan fingerprint density at radius 2 is 1.09 bits per heavy atom. The van der Waals surface area contributed by atoms with Gasteiger partial charge < -0.3 is 50.5 Å². The molecule has 0 aromatic rings. The van der Waals surface area contributed by atoms with Crippen LogP contribution in [0.5, 0.6) is 0 Å². The first-order valence-corrected chi connectivity index (χ1v) is 22.0. The smallest absolute Gasteiger partial charge is 0.249 e. The Kier molecular flexibility index (Phi) is 32.6. The SMILES string of the molecule is CCCC/C=C\CCCCCC(O)C(=O)NC(COC1OC(CO)C(O)C(O)C1O)C(O)C(O)CCC/C=C/CC/C=C/CC/C=C/CCCCCCCCC. The highest BCUT2D eigenvalue weighted by atomic mass is 16.7. The fourth-order valence-electron chi connectivity index (χ4n) is 6.57. The van der Waals surface area contributed by atoms with Gasteiger partial charge in [-0.15, -0.1) is 0 Å². The highest BCUT2D eigenvalue weighted by Crippen LogP contribution is 2.23. The van der Waals surface area contributed by atoms with E-state index in [9.17, 15) is 40.5 Å². The van der Waals surface area contributed by atoms with E-state index in [4.69, 9.17) is 9.47 Å². The number of rotatable bonds is 35. The van der Waals surface area contributed by atoms with Gasteiger partial charge in [0.15, 0.2) is 6.29 Å². The Morgan fingerprint density at radius 1 is 0.607 bits per heavy atom. The molecule has 1 amide bonds. The monoisotopic (exact) mass is 796 g/mol. The number of aliphatic hydroxyl groups excluding tert-OH is 7. The van der Waals surface area contributed by atoms with Crippen LogP contribution in [-0.2, 0) is 14.3 Å². The zero-order valence-corrected chi connectivity index (χ0v) is 34.8. The van der Waals surface area contributed by atoms with Crippen molar-refractivity contribution in [2.45, 2.75) is 217 Å². The highest BCUT2D eigenvalue weighted by Gasteiger charge is 2.44. The van der Waals surface area contributed by atoms with Crippen LogP contribution in [0.1, 0.15) is 162 Å². The molecule has 0 saturated carbocycles. The quantitative estimate of drug-likeness (QED) is 0.0256. The molecule has 0 aromatic carbocycles. The van der Waals surface area contributed by atoms with Gasteiger partial charge in [0.05, 0.1) is 25.4 Å². The average Bonchev–Trinajstić information content (AvgIpc) is 3.20. The highest BCUT2D eigenvalue weighted by molar-refractivity contribution is 5.80. The molecule has 0 aliphatic carbocycles. The molecule has 9 unspecified atom stereocenters. The number of hydrogen-bond donors (Lipinski definition) is 8. The summed E-state index contributed by atoms with van der Waals surface area (Å²) in [5.41, 5.74) is 0. The minimum absolute atomic E-state index is 0.225. The van der Waals surface area contributed by atoms with Crippen molar-refractivity contribution in [2.75, 3.05) is 13.2 Å². The second-order valence-corrected chi connectivity index (χ2v) is 15.4. The van der Waals surface area contributed by atoms with Gasteiger partial charge in [-0.25, -0.2) is 0 Å². The van der Waals surface area contributed by atoms with Crippen molar-refractivity contribution in [1.29, 1.82) is 0 Å². The number of carbonyl (C=O) groups is 1. The van der Waals surface area contributed by atoms with Crippen LogP contribution in [0.3, 0.4) is 0 Å². The van der Waals surface area contributed by atoms with Crippen LogP contribution in [-0.4, -0.2) is 110 Å². The van der Waals surface area contributed by atoms with Crippen molar-refractivity contribution in [2.24, 2.45) is 0 Å². The molecule has 326 valence electrons. The third-order valence-corrected chi connectivity index (χ3v) is 10.3. The standard InChI is InChI=1S/C45H81NO10/c1-3-5-7-9-11-13-14-15-16-17-18-19-20-21-22-23-25-26-28-30-32-37(48)40(50)36(35-55-45-43(53)42(52)41(51)39(34-47)56-45)46-44(54)38(49)33-31-29-27-24-12-10-8-6-4-2/h10,12,16-17,20-21,25-26,36-43,45,47-53H,3-9,11,13-15,18-19,22-24,27-35H2,1-2H3,(H,46,54)/b12-10-,17-16+,21-20+,26-25+. The van der Waals surface area contributed by atoms with E-state index in [1.54, 1.807) is 0 Å². The number of allylic oxidation sites excluding steroid dienone is 8. The van der Waals surface area contributed by atoms with Crippen LogP contribution in [0.25, 0.3) is 0 Å². The second kappa shape index (κ2) is 35.1. The minimum Gasteiger partial charge on any atom is -0.394 e. The van der Waals surface area contributed by atoms with Crippen molar-refractivity contribution in [1.82, 2.24) is 5.32 Å². The van der Waals surface area contributed by atoms with E-state index < -0.39 is 74.2 Å². The Bertz CT molecular complexity index is 1050. The molecule has 1 saturated heterocycles. The average molecular weight is 796 g/mol. The fourth-order valence-corrected chi connectivity index (χ4v) is 6.57. The predicted molar refractivity (Wildman–Crippen MR) is 224 cm³/mol. The summed E-state index contributed by atoms with van der Waals surface area (Å²) >= 11 is 0. The first-order chi connectivity index (χ1) is 27.2. The lowest BCUT2D eigenvalue weighted by Crippen LogP contribution is -2.60. The maximum Gasteiger partial charge on any atom is 0.249 e. The van der Waals surface area contributed by atoms with Gasteiger partial charge in [0.25, 0.3) is 0 Å². The van der Waals surface area contributed by atoms with Crippen LogP contribution < -0.4 is 5.32 Å². The van der Waals surface area contributed by atoms with E-state index >= 15 is 0 Å². The van der Waals surface area contributed by atoms with E-state index in [1.165, 1.54) is 57.8 Å². The van der Waals surface area contributed by atoms with Crippen LogP contribution in [0.4, 0.5) is 0 Å². The lowest BCUT2D eigenvalue weighted by atomic mass is 9.98. The topological polar surface area (TPSA) is 189 Å². The van der Waals surface area contributed by atoms with Crippen molar-refractivity contribution >= 4 is 5.91 Å². The van der Waals surface area contributed by atoms with Gasteiger partial charge in [0.1, 0.15) is 36.6 Å². The number of ether oxygens (including phenoxy) is 2. The van der Waals surface area contributed by atoms with Gasteiger partial charge in [-0.2, -0.15) is 0 Å². The summed E-state index contributed by atoms with van der Waals surface area (Å²) in [5, 5.41) is 75.3. The third kappa shape index (κ3) is 24.8. The van der Waals surface area contributed by atoms with Crippen LogP contribution in [0.2, 0.25) is 0 Å². The number of unbranched alkanes of at least 4 members (excludes halogenated alkanes) is 15. The van der Waals surface area contributed by atoms with Gasteiger partial charge in [0.2, 0.25) is 5.91 Å². The lowest BCUT2D eigenvalue weighted by Gasteiger charge is -2.40. The number of carbonyl (C=O) groups excluding carboxylic acids is 1. The van der Waals surface area contributed by atoms with E-state index in [-0.39, 0.29) is 12.8 Å². The zero-order valence-electron chi connectivity index (χ0n) is 34.8. The van der Waals surface area contributed by atoms with Crippen molar-refractivity contribution < 1.29 is 50.0 Å². The number of aliphatic hydroxyl groups is 7. The Hall–Kier alpha value is -1.93. The molecule has 8 N–H and O–H groups in total. The molecular formula is C45H81NO10. The van der Waals surface area contributed by atoms with Gasteiger partial charge in [-0.3, -0.25) is 4.79 Å². The van der Waals surface area contributed by atoms with Crippen LogP contribution in [0.15, 0.2) is 48.6 Å². The van der Waals surface area contributed by atoms with Crippen molar-refractivity contribution in [3.8, 4) is 0 Å². The molecule has 56 heavy (non-hydrogen) atoms. The molecule has 9 atom stereocenters. The molecule has 11 heteroatoms. The van der Waals surface area contributed by atoms with Gasteiger partial charge in [-0.1, -0.05) is 127 Å². The molecule has 11 nitrogen and oxygen atoms in total. The molecule has 0 spiro atoms. The minimum atomic E-state index is -1.67. The van der Waals surface area contributed by atoms with E-state index in [2.05, 4.69) is 67.8 Å². The lowest BCUT2D eigenvalue weighted by molar-refractivity contribution is -0.303. The van der Waals surface area contributed by atoms with E-state index in [0.717, 1.165) is 57.8 Å². The molecule has 1 aliphatic rings. The Balaban J connectivity index is 2.50. The molecule has 1 fully saturated rings. The maximum atomic E-state index is 13.0. The summed E-state index contributed by atoms with van der Waals surface area (Å²) in [6.45, 7) is 3.32. The van der Waals surface area contributed by atoms with Crippen LogP contribution >= 0.6 is 0 Å². The number of hydrogen-bond acceptors (Lipinski definition) is 10.